The molecule has 1 aliphatic rings. The maximum absolute atomic E-state index is 4.59. The minimum absolute atomic E-state index is 0.264. The first-order chi connectivity index (χ1) is 9.43. The summed E-state index contributed by atoms with van der Waals surface area (Å²) < 4.78 is 1.07. The van der Waals surface area contributed by atoms with Crippen LogP contribution >= 0.6 is 15.9 Å². The van der Waals surface area contributed by atoms with Crippen molar-refractivity contribution in [2.24, 2.45) is 5.92 Å². The summed E-state index contributed by atoms with van der Waals surface area (Å²) in [5, 5.41) is 3.55. The Bertz CT molecular complexity index is 461. The zero-order chi connectivity index (χ0) is 14.8. The number of aromatic nitrogens is 1. The van der Waals surface area contributed by atoms with E-state index in [9.17, 15) is 0 Å². The largest absolute Gasteiger partial charge is 0.368 e. The Labute approximate surface area is 131 Å². The number of nitrogens with one attached hydrogen (secondary N) is 1. The van der Waals surface area contributed by atoms with Crippen LogP contribution in [-0.2, 0) is 0 Å². The van der Waals surface area contributed by atoms with Crippen molar-refractivity contribution in [3.63, 3.8) is 0 Å². The molecule has 4 heteroatoms. The number of aryl methyl sites for hydroxylation is 1. The zero-order valence-electron chi connectivity index (χ0n) is 13.0. The first-order valence-electron chi connectivity index (χ1n) is 7.47. The first-order valence-corrected chi connectivity index (χ1v) is 8.27. The van der Waals surface area contributed by atoms with Gasteiger partial charge in [0.2, 0.25) is 0 Å². The van der Waals surface area contributed by atoms with Crippen molar-refractivity contribution >= 4 is 21.7 Å². The molecule has 20 heavy (non-hydrogen) atoms. The number of hydrogen-bond acceptors (Lipinski definition) is 3. The van der Waals surface area contributed by atoms with Crippen LogP contribution in [0.25, 0.3) is 0 Å². The highest BCUT2D eigenvalue weighted by Gasteiger charge is 2.36. The van der Waals surface area contributed by atoms with Gasteiger partial charge in [-0.3, -0.25) is 0 Å². The molecule has 2 unspecified atom stereocenters. The minimum atomic E-state index is 0.264. The highest BCUT2D eigenvalue weighted by molar-refractivity contribution is 9.10. The maximum Gasteiger partial charge on any atom is 0.126 e. The molecule has 1 aliphatic carbocycles. The van der Waals surface area contributed by atoms with Gasteiger partial charge in [-0.2, -0.15) is 0 Å². The number of hydrogen-bond donors (Lipinski definition) is 1. The van der Waals surface area contributed by atoms with E-state index in [-0.39, 0.29) is 5.54 Å². The number of pyridine rings is 1. The Kier molecular flexibility index (Phi) is 5.08. The second-order valence-electron chi connectivity index (χ2n) is 6.44. The molecule has 1 fully saturated rings. The fourth-order valence-corrected chi connectivity index (χ4v) is 3.48. The van der Waals surface area contributed by atoms with Crippen molar-refractivity contribution in [2.75, 3.05) is 26.0 Å². The van der Waals surface area contributed by atoms with E-state index < -0.39 is 0 Å². The number of anilines is 1. The van der Waals surface area contributed by atoms with E-state index in [2.05, 4.69) is 58.2 Å². The predicted molar refractivity (Wildman–Crippen MR) is 89.2 cm³/mol. The average molecular weight is 340 g/mol. The smallest absolute Gasteiger partial charge is 0.126 e. The van der Waals surface area contributed by atoms with E-state index in [1.165, 1.54) is 25.7 Å². The average Bonchev–Trinajstić information content (AvgIpc) is 2.40. The Morgan fingerprint density at radius 1 is 1.45 bits per heavy atom. The van der Waals surface area contributed by atoms with E-state index >= 15 is 0 Å². The second-order valence-corrected chi connectivity index (χ2v) is 7.29. The van der Waals surface area contributed by atoms with E-state index in [0.29, 0.717) is 0 Å². The zero-order valence-corrected chi connectivity index (χ0v) is 14.6. The maximum atomic E-state index is 4.59. The molecule has 2 rings (SSSR count). The third kappa shape index (κ3) is 3.53. The molecule has 0 aliphatic heterocycles. The highest BCUT2D eigenvalue weighted by atomic mass is 79.9. The monoisotopic (exact) mass is 339 g/mol. The van der Waals surface area contributed by atoms with Gasteiger partial charge in [0, 0.05) is 16.6 Å². The van der Waals surface area contributed by atoms with Gasteiger partial charge < -0.3 is 10.2 Å². The van der Waals surface area contributed by atoms with Crippen molar-refractivity contribution < 1.29 is 0 Å². The predicted octanol–water partition coefficient (Wildman–Crippen LogP) is 4.07. The second kappa shape index (κ2) is 6.44. The SMILES string of the molecule is Cc1nc(NCC2(N(C)C)CCCC(C)C2)ccc1Br. The normalized spacial score (nSPS) is 26.8. The van der Waals surface area contributed by atoms with Crippen molar-refractivity contribution in [3.8, 4) is 0 Å². The molecule has 1 aromatic heterocycles. The van der Waals surface area contributed by atoms with E-state index in [4.69, 9.17) is 0 Å². The summed E-state index contributed by atoms with van der Waals surface area (Å²) in [6, 6.07) is 4.11. The van der Waals surface area contributed by atoms with Crippen molar-refractivity contribution in [3.05, 3.63) is 22.3 Å². The number of rotatable bonds is 4. The summed E-state index contributed by atoms with van der Waals surface area (Å²) in [7, 11) is 4.42. The summed E-state index contributed by atoms with van der Waals surface area (Å²) in [5.41, 5.74) is 1.30. The van der Waals surface area contributed by atoms with Gasteiger partial charge in [0.25, 0.3) is 0 Å². The van der Waals surface area contributed by atoms with Crippen LogP contribution < -0.4 is 5.32 Å². The van der Waals surface area contributed by atoms with Gasteiger partial charge in [0.15, 0.2) is 0 Å². The Hall–Kier alpha value is -0.610. The van der Waals surface area contributed by atoms with Crippen molar-refractivity contribution in [1.82, 2.24) is 9.88 Å². The van der Waals surface area contributed by atoms with Crippen LogP contribution in [0.5, 0.6) is 0 Å². The summed E-state index contributed by atoms with van der Waals surface area (Å²) in [5.74, 6) is 1.79. The quantitative estimate of drug-likeness (QED) is 0.895. The lowest BCUT2D eigenvalue weighted by Crippen LogP contribution is -2.52. The fourth-order valence-electron chi connectivity index (χ4n) is 3.25. The summed E-state index contributed by atoms with van der Waals surface area (Å²) in [4.78, 5) is 6.99. The van der Waals surface area contributed by atoms with Gasteiger partial charge in [0.1, 0.15) is 5.82 Å². The molecular formula is C16H26BrN3. The van der Waals surface area contributed by atoms with E-state index in [1.54, 1.807) is 0 Å². The molecule has 0 spiro atoms. The van der Waals surface area contributed by atoms with Crippen LogP contribution in [0.3, 0.4) is 0 Å². The van der Waals surface area contributed by atoms with Crippen LogP contribution in [0.2, 0.25) is 0 Å². The molecule has 1 saturated carbocycles. The van der Waals surface area contributed by atoms with Gasteiger partial charge in [-0.05, 0) is 67.8 Å². The summed E-state index contributed by atoms with van der Waals surface area (Å²) in [6.07, 6.45) is 5.23. The van der Waals surface area contributed by atoms with E-state index in [1.807, 2.05) is 13.0 Å². The molecule has 0 bridgehead atoms. The van der Waals surface area contributed by atoms with Crippen LogP contribution in [0.15, 0.2) is 16.6 Å². The lowest BCUT2D eigenvalue weighted by molar-refractivity contribution is 0.0881. The molecule has 1 aromatic rings. The van der Waals surface area contributed by atoms with Gasteiger partial charge in [-0.25, -0.2) is 4.98 Å². The Morgan fingerprint density at radius 2 is 2.20 bits per heavy atom. The number of likely N-dealkylation sites (N-methyl/N-ethyl adjacent to an activating group) is 1. The van der Waals surface area contributed by atoms with Crippen molar-refractivity contribution in [1.29, 1.82) is 0 Å². The minimum Gasteiger partial charge on any atom is -0.368 e. The molecule has 0 saturated heterocycles. The van der Waals surface area contributed by atoms with Crippen LogP contribution in [0.4, 0.5) is 5.82 Å². The molecule has 1 N–H and O–H groups in total. The van der Waals surface area contributed by atoms with Crippen LogP contribution in [0.1, 0.15) is 38.3 Å². The molecule has 0 radical (unpaired) electrons. The third-order valence-electron chi connectivity index (χ3n) is 4.64. The number of halogens is 1. The fraction of sp³-hybridized carbons (Fsp3) is 0.688. The molecule has 0 aromatic carbocycles. The standard InChI is InChI=1S/C16H26BrN3/c1-12-6-5-9-16(10-12,20(3)4)11-18-15-8-7-14(17)13(2)19-15/h7-8,12H,5-6,9-11H2,1-4H3,(H,18,19). The highest BCUT2D eigenvalue weighted by Crippen LogP contribution is 2.35. The van der Waals surface area contributed by atoms with Gasteiger partial charge in [0.05, 0.1) is 5.69 Å². The molecule has 0 amide bonds. The lowest BCUT2D eigenvalue weighted by Gasteiger charge is -2.45. The van der Waals surface area contributed by atoms with Crippen molar-refractivity contribution in [2.45, 2.75) is 45.1 Å². The molecule has 112 valence electrons. The van der Waals surface area contributed by atoms with Gasteiger partial charge in [-0.15, -0.1) is 0 Å². The molecule has 3 nitrogen and oxygen atoms in total. The van der Waals surface area contributed by atoms with Crippen LogP contribution in [0, 0.1) is 12.8 Å². The first kappa shape index (κ1) is 15.8. The third-order valence-corrected chi connectivity index (χ3v) is 5.47. The van der Waals surface area contributed by atoms with E-state index in [0.717, 1.165) is 28.4 Å². The molecule has 2 atom stereocenters. The Morgan fingerprint density at radius 3 is 2.80 bits per heavy atom. The Balaban J connectivity index is 2.07. The van der Waals surface area contributed by atoms with Gasteiger partial charge >= 0.3 is 0 Å². The summed E-state index contributed by atoms with van der Waals surface area (Å²) >= 11 is 3.50. The molecular weight excluding hydrogens is 314 g/mol. The molecule has 1 heterocycles. The lowest BCUT2D eigenvalue weighted by atomic mass is 9.75. The number of nitrogens with zero attached hydrogens (tertiary/aromatic N) is 2. The topological polar surface area (TPSA) is 28.2 Å². The van der Waals surface area contributed by atoms with Crippen LogP contribution in [-0.4, -0.2) is 36.1 Å². The summed E-state index contributed by atoms with van der Waals surface area (Å²) in [6.45, 7) is 5.37. The van der Waals surface area contributed by atoms with Gasteiger partial charge in [-0.1, -0.05) is 19.8 Å².